The molecule has 0 unspecified atom stereocenters. The van der Waals surface area contributed by atoms with Crippen molar-refractivity contribution < 1.29 is 4.79 Å². The summed E-state index contributed by atoms with van der Waals surface area (Å²) in [6.07, 6.45) is 3.67. The zero-order chi connectivity index (χ0) is 18.8. The molecule has 0 saturated heterocycles. The first-order chi connectivity index (χ1) is 13.2. The molecule has 0 N–H and O–H groups in total. The summed E-state index contributed by atoms with van der Waals surface area (Å²) in [4.78, 5) is 17.3. The van der Waals surface area contributed by atoms with Crippen molar-refractivity contribution in [3.05, 3.63) is 101 Å². The van der Waals surface area contributed by atoms with Crippen LogP contribution in [0.4, 0.5) is 0 Å². The van der Waals surface area contributed by atoms with Crippen LogP contribution in [0.3, 0.4) is 0 Å². The molecule has 4 rings (SSSR count). The standard InChI is InChI=1S/C23H17N3O/c1-16-7-9-18(10-8-16)23(27)21-6-3-11-26(21)15-17-12-19-4-2-5-20(13-24)22(19)25-14-17/h2-12,14H,15H2,1H3. The van der Waals surface area contributed by atoms with Gasteiger partial charge in [0.2, 0.25) is 5.78 Å². The Hall–Kier alpha value is -3.71. The highest BCUT2D eigenvalue weighted by atomic mass is 16.1. The quantitative estimate of drug-likeness (QED) is 0.509. The van der Waals surface area contributed by atoms with Gasteiger partial charge in [-0.3, -0.25) is 9.78 Å². The minimum absolute atomic E-state index is 0.000477. The van der Waals surface area contributed by atoms with E-state index in [0.29, 0.717) is 28.9 Å². The molecule has 0 amide bonds. The van der Waals surface area contributed by atoms with Crippen molar-refractivity contribution in [2.24, 2.45) is 0 Å². The maximum absolute atomic E-state index is 12.9. The number of pyridine rings is 1. The third-order valence-corrected chi connectivity index (χ3v) is 4.62. The van der Waals surface area contributed by atoms with Crippen LogP contribution in [-0.2, 0) is 6.54 Å². The number of nitriles is 1. The first kappa shape index (κ1) is 16.7. The first-order valence-corrected chi connectivity index (χ1v) is 8.70. The van der Waals surface area contributed by atoms with Gasteiger partial charge in [0, 0.05) is 29.9 Å². The summed E-state index contributed by atoms with van der Waals surface area (Å²) in [6, 6.07) is 21.1. The van der Waals surface area contributed by atoms with Gasteiger partial charge in [-0.25, -0.2) is 0 Å². The van der Waals surface area contributed by atoms with E-state index in [9.17, 15) is 10.1 Å². The second-order valence-electron chi connectivity index (χ2n) is 6.55. The zero-order valence-electron chi connectivity index (χ0n) is 14.9. The molecule has 4 nitrogen and oxygen atoms in total. The molecule has 0 radical (unpaired) electrons. The molecule has 0 atom stereocenters. The molecule has 0 saturated carbocycles. The van der Waals surface area contributed by atoms with Crippen LogP contribution in [0, 0.1) is 18.3 Å². The Morgan fingerprint density at radius 2 is 1.93 bits per heavy atom. The molecular weight excluding hydrogens is 334 g/mol. The van der Waals surface area contributed by atoms with E-state index < -0.39 is 0 Å². The Morgan fingerprint density at radius 3 is 2.70 bits per heavy atom. The number of para-hydroxylation sites is 1. The highest BCUT2D eigenvalue weighted by Crippen LogP contribution is 2.19. The fraction of sp³-hybridized carbons (Fsp3) is 0.0870. The van der Waals surface area contributed by atoms with Gasteiger partial charge in [-0.2, -0.15) is 5.26 Å². The lowest BCUT2D eigenvalue weighted by molar-refractivity contribution is 0.103. The summed E-state index contributed by atoms with van der Waals surface area (Å²) in [7, 11) is 0. The lowest BCUT2D eigenvalue weighted by Gasteiger charge is -2.10. The predicted molar refractivity (Wildman–Crippen MR) is 105 cm³/mol. The Bertz CT molecular complexity index is 1180. The van der Waals surface area contributed by atoms with Gasteiger partial charge < -0.3 is 4.57 Å². The number of carbonyl (C=O) groups is 1. The van der Waals surface area contributed by atoms with Crippen LogP contribution >= 0.6 is 0 Å². The number of hydrogen-bond acceptors (Lipinski definition) is 3. The Morgan fingerprint density at radius 1 is 1.11 bits per heavy atom. The number of fused-ring (bicyclic) bond motifs is 1. The Balaban J connectivity index is 1.66. The molecule has 0 aliphatic rings. The van der Waals surface area contributed by atoms with Crippen LogP contribution < -0.4 is 0 Å². The molecule has 2 aromatic heterocycles. The fourth-order valence-corrected chi connectivity index (χ4v) is 3.19. The maximum Gasteiger partial charge on any atom is 0.209 e. The van der Waals surface area contributed by atoms with E-state index in [4.69, 9.17) is 0 Å². The highest BCUT2D eigenvalue weighted by Gasteiger charge is 2.14. The van der Waals surface area contributed by atoms with Gasteiger partial charge in [-0.05, 0) is 36.8 Å². The van der Waals surface area contributed by atoms with Crippen LogP contribution in [0.15, 0.2) is 73.1 Å². The summed E-state index contributed by atoms with van der Waals surface area (Å²) in [6.45, 7) is 2.54. The summed E-state index contributed by atoms with van der Waals surface area (Å²) < 4.78 is 1.93. The van der Waals surface area contributed by atoms with Crippen molar-refractivity contribution in [1.82, 2.24) is 9.55 Å². The van der Waals surface area contributed by atoms with E-state index in [0.717, 1.165) is 16.5 Å². The molecule has 0 bridgehead atoms. The van der Waals surface area contributed by atoms with E-state index in [-0.39, 0.29) is 5.78 Å². The summed E-state index contributed by atoms with van der Waals surface area (Å²) in [5.74, 6) is 0.000477. The van der Waals surface area contributed by atoms with Crippen molar-refractivity contribution in [2.75, 3.05) is 0 Å². The number of aryl methyl sites for hydroxylation is 1. The number of aromatic nitrogens is 2. The lowest BCUT2D eigenvalue weighted by atomic mass is 10.1. The van der Waals surface area contributed by atoms with Crippen molar-refractivity contribution in [1.29, 1.82) is 5.26 Å². The van der Waals surface area contributed by atoms with E-state index in [2.05, 4.69) is 11.1 Å². The molecule has 0 aliphatic heterocycles. The van der Waals surface area contributed by atoms with Gasteiger partial charge in [0.1, 0.15) is 6.07 Å². The van der Waals surface area contributed by atoms with Crippen LogP contribution in [0.2, 0.25) is 0 Å². The fourth-order valence-electron chi connectivity index (χ4n) is 3.19. The van der Waals surface area contributed by atoms with Crippen molar-refractivity contribution in [3.8, 4) is 6.07 Å². The molecule has 2 aromatic carbocycles. The largest absolute Gasteiger partial charge is 0.340 e. The van der Waals surface area contributed by atoms with Crippen LogP contribution in [0.1, 0.15) is 32.7 Å². The van der Waals surface area contributed by atoms with Gasteiger partial charge in [0.05, 0.1) is 16.8 Å². The third-order valence-electron chi connectivity index (χ3n) is 4.62. The first-order valence-electron chi connectivity index (χ1n) is 8.70. The molecule has 27 heavy (non-hydrogen) atoms. The summed E-state index contributed by atoms with van der Waals surface area (Å²) in [5.41, 5.74) is 4.69. The van der Waals surface area contributed by atoms with Crippen LogP contribution in [-0.4, -0.2) is 15.3 Å². The smallest absolute Gasteiger partial charge is 0.209 e. The van der Waals surface area contributed by atoms with E-state index >= 15 is 0 Å². The van der Waals surface area contributed by atoms with Gasteiger partial charge in [-0.1, -0.05) is 42.0 Å². The minimum Gasteiger partial charge on any atom is -0.340 e. The highest BCUT2D eigenvalue weighted by molar-refractivity contribution is 6.08. The number of ketones is 1. The minimum atomic E-state index is 0.000477. The van der Waals surface area contributed by atoms with Gasteiger partial charge in [0.25, 0.3) is 0 Å². The molecule has 0 spiro atoms. The lowest BCUT2D eigenvalue weighted by Crippen LogP contribution is -2.10. The van der Waals surface area contributed by atoms with Gasteiger partial charge in [0.15, 0.2) is 0 Å². The predicted octanol–water partition coefficient (Wildman–Crippen LogP) is 4.50. The van der Waals surface area contributed by atoms with Crippen LogP contribution in [0.25, 0.3) is 10.9 Å². The number of hydrogen-bond donors (Lipinski definition) is 0. The second kappa shape index (κ2) is 6.89. The van der Waals surface area contributed by atoms with Crippen molar-refractivity contribution >= 4 is 16.7 Å². The molecule has 0 fully saturated rings. The maximum atomic E-state index is 12.9. The number of nitrogens with zero attached hydrogens (tertiary/aromatic N) is 3. The Kier molecular flexibility index (Phi) is 4.27. The summed E-state index contributed by atoms with van der Waals surface area (Å²) in [5, 5.41) is 10.1. The zero-order valence-corrected chi connectivity index (χ0v) is 14.9. The van der Waals surface area contributed by atoms with Crippen molar-refractivity contribution in [2.45, 2.75) is 13.5 Å². The van der Waals surface area contributed by atoms with E-state index in [1.807, 2.05) is 72.3 Å². The van der Waals surface area contributed by atoms with Gasteiger partial charge in [-0.15, -0.1) is 0 Å². The third kappa shape index (κ3) is 3.23. The molecule has 130 valence electrons. The molecular formula is C23H17N3O. The van der Waals surface area contributed by atoms with E-state index in [1.54, 1.807) is 12.3 Å². The van der Waals surface area contributed by atoms with Gasteiger partial charge >= 0.3 is 0 Å². The molecule has 4 heteroatoms. The number of rotatable bonds is 4. The summed E-state index contributed by atoms with van der Waals surface area (Å²) >= 11 is 0. The SMILES string of the molecule is Cc1ccc(C(=O)c2cccn2Cc2cnc3c(C#N)cccc3c2)cc1. The number of benzene rings is 2. The second-order valence-corrected chi connectivity index (χ2v) is 6.55. The Labute approximate surface area is 157 Å². The van der Waals surface area contributed by atoms with Crippen molar-refractivity contribution in [3.63, 3.8) is 0 Å². The molecule has 2 heterocycles. The normalized spacial score (nSPS) is 10.7. The topological polar surface area (TPSA) is 58.7 Å². The van der Waals surface area contributed by atoms with E-state index in [1.165, 1.54) is 0 Å². The molecule has 0 aliphatic carbocycles. The van der Waals surface area contributed by atoms with Crippen LogP contribution in [0.5, 0.6) is 0 Å². The average molecular weight is 351 g/mol. The average Bonchev–Trinajstić information content (AvgIpc) is 3.15. The molecule has 4 aromatic rings. The monoisotopic (exact) mass is 351 g/mol. The number of carbonyl (C=O) groups excluding carboxylic acids is 1.